The molecule has 0 bridgehead atoms. The van der Waals surface area contributed by atoms with E-state index in [-0.39, 0.29) is 23.3 Å². The van der Waals surface area contributed by atoms with Gasteiger partial charge in [-0.3, -0.25) is 9.59 Å². The monoisotopic (exact) mass is 387 g/mol. The average Bonchev–Trinajstić information content (AvgIpc) is 2.67. The number of carbonyl (C=O) groups excluding carboxylic acids is 1. The number of carbonyl (C=O) groups is 1. The standard InChI is InChI=1S/C21H26FN3O3/c1-21(2,3)20(27)24-11-9-15(10-12-24)25-19(26)8-6-17(23-25)14-5-7-18(28-4)16(22)13-14/h5-8,13,15H,9-12H2,1-4H3. The first-order valence-electron chi connectivity index (χ1n) is 9.44. The van der Waals surface area contributed by atoms with Crippen molar-refractivity contribution in [2.45, 2.75) is 39.7 Å². The molecule has 2 heterocycles. The molecule has 0 unspecified atom stereocenters. The number of aromatic nitrogens is 2. The van der Waals surface area contributed by atoms with Gasteiger partial charge in [-0.2, -0.15) is 5.10 Å². The molecule has 150 valence electrons. The van der Waals surface area contributed by atoms with E-state index in [4.69, 9.17) is 4.74 Å². The van der Waals surface area contributed by atoms with Gasteiger partial charge in [0, 0.05) is 30.1 Å². The Morgan fingerprint density at radius 2 is 1.86 bits per heavy atom. The fraction of sp³-hybridized carbons (Fsp3) is 0.476. The quantitative estimate of drug-likeness (QED) is 0.811. The number of hydrogen-bond acceptors (Lipinski definition) is 4. The van der Waals surface area contributed by atoms with Gasteiger partial charge in [-0.05, 0) is 37.1 Å². The number of piperidine rings is 1. The molecule has 1 aromatic heterocycles. The molecular weight excluding hydrogens is 361 g/mol. The Morgan fingerprint density at radius 3 is 2.43 bits per heavy atom. The van der Waals surface area contributed by atoms with E-state index in [1.165, 1.54) is 23.9 Å². The molecule has 1 aliphatic heterocycles. The summed E-state index contributed by atoms with van der Waals surface area (Å²) in [4.78, 5) is 26.7. The third-order valence-electron chi connectivity index (χ3n) is 5.01. The van der Waals surface area contributed by atoms with Gasteiger partial charge in [0.25, 0.3) is 5.56 Å². The molecule has 1 saturated heterocycles. The summed E-state index contributed by atoms with van der Waals surface area (Å²) < 4.78 is 20.4. The van der Waals surface area contributed by atoms with Crippen molar-refractivity contribution in [1.82, 2.24) is 14.7 Å². The van der Waals surface area contributed by atoms with Crippen molar-refractivity contribution in [3.8, 4) is 17.0 Å². The van der Waals surface area contributed by atoms with E-state index in [1.807, 2.05) is 25.7 Å². The molecule has 1 aromatic carbocycles. The van der Waals surface area contributed by atoms with Gasteiger partial charge < -0.3 is 9.64 Å². The Bertz CT molecular complexity index is 925. The van der Waals surface area contributed by atoms with Crippen LogP contribution in [0.25, 0.3) is 11.3 Å². The maximum Gasteiger partial charge on any atom is 0.267 e. The molecule has 7 heteroatoms. The van der Waals surface area contributed by atoms with E-state index < -0.39 is 11.2 Å². The number of amides is 1. The first-order chi connectivity index (χ1) is 13.2. The van der Waals surface area contributed by atoms with Crippen molar-refractivity contribution in [2.24, 2.45) is 5.41 Å². The normalized spacial score (nSPS) is 15.5. The first-order valence-corrected chi connectivity index (χ1v) is 9.44. The number of likely N-dealkylation sites (tertiary alicyclic amines) is 1. The van der Waals surface area contributed by atoms with Gasteiger partial charge >= 0.3 is 0 Å². The fourth-order valence-electron chi connectivity index (χ4n) is 3.45. The van der Waals surface area contributed by atoms with Crippen molar-refractivity contribution in [3.05, 3.63) is 46.5 Å². The number of halogens is 1. The van der Waals surface area contributed by atoms with Crippen LogP contribution in [0.1, 0.15) is 39.7 Å². The summed E-state index contributed by atoms with van der Waals surface area (Å²) in [6.45, 7) is 6.91. The van der Waals surface area contributed by atoms with Crippen molar-refractivity contribution in [1.29, 1.82) is 0 Å². The second kappa shape index (κ2) is 7.73. The zero-order chi connectivity index (χ0) is 20.5. The van der Waals surface area contributed by atoms with Gasteiger partial charge in [-0.1, -0.05) is 20.8 Å². The van der Waals surface area contributed by atoms with Gasteiger partial charge in [0.15, 0.2) is 11.6 Å². The molecule has 0 spiro atoms. The van der Waals surface area contributed by atoms with Gasteiger partial charge in [0.1, 0.15) is 0 Å². The van der Waals surface area contributed by atoms with Gasteiger partial charge in [-0.25, -0.2) is 9.07 Å². The third-order valence-corrected chi connectivity index (χ3v) is 5.01. The summed E-state index contributed by atoms with van der Waals surface area (Å²) in [6, 6.07) is 7.57. The smallest absolute Gasteiger partial charge is 0.267 e. The fourth-order valence-corrected chi connectivity index (χ4v) is 3.45. The average molecular weight is 387 g/mol. The van der Waals surface area contributed by atoms with Crippen molar-refractivity contribution >= 4 is 5.91 Å². The number of ether oxygens (including phenoxy) is 1. The predicted molar refractivity (Wildman–Crippen MR) is 105 cm³/mol. The summed E-state index contributed by atoms with van der Waals surface area (Å²) in [6.07, 6.45) is 1.32. The maximum atomic E-state index is 14.0. The van der Waals surface area contributed by atoms with Crippen LogP contribution >= 0.6 is 0 Å². The van der Waals surface area contributed by atoms with Crippen molar-refractivity contribution < 1.29 is 13.9 Å². The number of hydrogen-bond donors (Lipinski definition) is 0. The molecule has 3 rings (SSSR count). The van der Waals surface area contributed by atoms with Crippen LogP contribution in [0.2, 0.25) is 0 Å². The second-order valence-corrected chi connectivity index (χ2v) is 8.12. The highest BCUT2D eigenvalue weighted by Gasteiger charge is 2.31. The van der Waals surface area contributed by atoms with E-state index >= 15 is 0 Å². The minimum Gasteiger partial charge on any atom is -0.494 e. The molecule has 1 aliphatic rings. The SMILES string of the molecule is COc1ccc(-c2ccc(=O)n(C3CCN(C(=O)C(C)(C)C)CC3)n2)cc1F. The first kappa shape index (κ1) is 20.0. The van der Waals surface area contributed by atoms with Crippen molar-refractivity contribution in [2.75, 3.05) is 20.2 Å². The summed E-state index contributed by atoms with van der Waals surface area (Å²) in [5.41, 5.74) is 0.486. The molecule has 28 heavy (non-hydrogen) atoms. The summed E-state index contributed by atoms with van der Waals surface area (Å²) in [7, 11) is 1.41. The third kappa shape index (κ3) is 4.08. The lowest BCUT2D eigenvalue weighted by molar-refractivity contribution is -0.140. The number of rotatable bonds is 3. The Hall–Kier alpha value is -2.70. The summed E-state index contributed by atoms with van der Waals surface area (Å²) in [5, 5.41) is 4.47. The van der Waals surface area contributed by atoms with Crippen LogP contribution in [0, 0.1) is 11.2 Å². The lowest BCUT2D eigenvalue weighted by Crippen LogP contribution is -2.45. The van der Waals surface area contributed by atoms with E-state index in [0.717, 1.165) is 0 Å². The number of methoxy groups -OCH3 is 1. The Morgan fingerprint density at radius 1 is 1.18 bits per heavy atom. The van der Waals surface area contributed by atoms with Crippen molar-refractivity contribution in [3.63, 3.8) is 0 Å². The van der Waals surface area contributed by atoms with Crippen LogP contribution in [0.3, 0.4) is 0 Å². The molecule has 0 atom stereocenters. The highest BCUT2D eigenvalue weighted by molar-refractivity contribution is 5.81. The molecule has 0 radical (unpaired) electrons. The molecule has 6 nitrogen and oxygen atoms in total. The van der Waals surface area contributed by atoms with Gasteiger partial charge in [-0.15, -0.1) is 0 Å². The molecule has 1 amide bonds. The van der Waals surface area contributed by atoms with E-state index in [9.17, 15) is 14.0 Å². The molecule has 0 saturated carbocycles. The molecular formula is C21H26FN3O3. The zero-order valence-corrected chi connectivity index (χ0v) is 16.7. The number of nitrogens with zero attached hydrogens (tertiary/aromatic N) is 3. The van der Waals surface area contributed by atoms with Crippen LogP contribution in [-0.4, -0.2) is 40.8 Å². The molecule has 2 aromatic rings. The van der Waals surface area contributed by atoms with Crippen LogP contribution < -0.4 is 10.3 Å². The molecule has 0 N–H and O–H groups in total. The van der Waals surface area contributed by atoms with Gasteiger partial charge in [0.05, 0.1) is 18.8 Å². The van der Waals surface area contributed by atoms with Crippen LogP contribution in [0.15, 0.2) is 35.1 Å². The van der Waals surface area contributed by atoms with Crippen LogP contribution in [-0.2, 0) is 4.79 Å². The van der Waals surface area contributed by atoms with E-state index in [2.05, 4.69) is 5.10 Å². The number of benzene rings is 1. The Kier molecular flexibility index (Phi) is 5.54. The summed E-state index contributed by atoms with van der Waals surface area (Å²) in [5.74, 6) is -0.199. The highest BCUT2D eigenvalue weighted by Crippen LogP contribution is 2.27. The van der Waals surface area contributed by atoms with Gasteiger partial charge in [0.2, 0.25) is 5.91 Å². The minimum atomic E-state index is -0.478. The topological polar surface area (TPSA) is 64.4 Å². The lowest BCUT2D eigenvalue weighted by Gasteiger charge is -2.35. The lowest BCUT2D eigenvalue weighted by atomic mass is 9.93. The molecule has 0 aliphatic carbocycles. The Labute approximate surface area is 163 Å². The van der Waals surface area contributed by atoms with E-state index in [0.29, 0.717) is 37.2 Å². The highest BCUT2D eigenvalue weighted by atomic mass is 19.1. The maximum absolute atomic E-state index is 14.0. The molecule has 1 fully saturated rings. The predicted octanol–water partition coefficient (Wildman–Crippen LogP) is 3.27. The Balaban J connectivity index is 1.81. The van der Waals surface area contributed by atoms with Crippen LogP contribution in [0.4, 0.5) is 4.39 Å². The van der Waals surface area contributed by atoms with E-state index in [1.54, 1.807) is 18.2 Å². The largest absolute Gasteiger partial charge is 0.494 e. The zero-order valence-electron chi connectivity index (χ0n) is 16.7. The minimum absolute atomic E-state index is 0.0837. The van der Waals surface area contributed by atoms with Crippen LogP contribution in [0.5, 0.6) is 5.75 Å². The second-order valence-electron chi connectivity index (χ2n) is 8.12. The summed E-state index contributed by atoms with van der Waals surface area (Å²) >= 11 is 0.